The molecule has 1 aromatic heterocycles. The van der Waals surface area contributed by atoms with Gasteiger partial charge < -0.3 is 11.1 Å². The van der Waals surface area contributed by atoms with E-state index >= 15 is 0 Å². The quantitative estimate of drug-likeness (QED) is 0.833. The van der Waals surface area contributed by atoms with Crippen LogP contribution in [0.1, 0.15) is 26.2 Å². The summed E-state index contributed by atoms with van der Waals surface area (Å²) in [6.07, 6.45) is 6.86. The van der Waals surface area contributed by atoms with Gasteiger partial charge in [-0.3, -0.25) is 0 Å². The lowest BCUT2D eigenvalue weighted by Gasteiger charge is -2.15. The van der Waals surface area contributed by atoms with Crippen LogP contribution in [0.2, 0.25) is 0 Å². The fourth-order valence-corrected chi connectivity index (χ4v) is 1.47. The first kappa shape index (κ1) is 12.4. The number of nitrogens with one attached hydrogen (secondary N) is 1. The van der Waals surface area contributed by atoms with Gasteiger partial charge in [-0.1, -0.05) is 19.8 Å². The van der Waals surface area contributed by atoms with Crippen LogP contribution in [0.3, 0.4) is 0 Å². The summed E-state index contributed by atoms with van der Waals surface area (Å²) in [5, 5.41) is 3.22. The van der Waals surface area contributed by atoms with Gasteiger partial charge in [0.1, 0.15) is 0 Å². The molecule has 0 amide bonds. The van der Waals surface area contributed by atoms with E-state index in [1.54, 1.807) is 12.4 Å². The molecule has 15 heavy (non-hydrogen) atoms. The zero-order chi connectivity index (χ0) is 11.1. The first-order valence-corrected chi connectivity index (χ1v) is 5.99. The van der Waals surface area contributed by atoms with E-state index in [0.717, 1.165) is 10.9 Å². The molecule has 0 radical (unpaired) electrons. The van der Waals surface area contributed by atoms with Gasteiger partial charge in [0, 0.05) is 25.0 Å². The molecule has 1 atom stereocenters. The van der Waals surface area contributed by atoms with E-state index in [1.165, 1.54) is 12.8 Å². The van der Waals surface area contributed by atoms with Crippen LogP contribution in [-0.2, 0) is 0 Å². The molecule has 3 N–H and O–H groups in total. The summed E-state index contributed by atoms with van der Waals surface area (Å²) in [6, 6.07) is 0.270. The molecule has 0 saturated heterocycles. The Bertz CT molecular complexity index is 275. The van der Waals surface area contributed by atoms with Crippen molar-refractivity contribution in [1.82, 2.24) is 9.97 Å². The molecule has 1 heterocycles. The first-order valence-electron chi connectivity index (χ1n) is 5.20. The van der Waals surface area contributed by atoms with Gasteiger partial charge in [0.15, 0.2) is 0 Å². The van der Waals surface area contributed by atoms with Gasteiger partial charge in [0.2, 0.25) is 5.95 Å². The maximum Gasteiger partial charge on any atom is 0.222 e. The summed E-state index contributed by atoms with van der Waals surface area (Å²) in [6.45, 7) is 2.78. The lowest BCUT2D eigenvalue weighted by atomic mass is 10.1. The first-order chi connectivity index (χ1) is 7.26. The maximum atomic E-state index is 5.66. The molecule has 0 fully saturated rings. The number of aromatic nitrogens is 2. The van der Waals surface area contributed by atoms with Gasteiger partial charge in [-0.05, 0) is 22.4 Å². The van der Waals surface area contributed by atoms with Crippen LogP contribution in [0.5, 0.6) is 0 Å². The molecule has 0 spiro atoms. The van der Waals surface area contributed by atoms with E-state index in [-0.39, 0.29) is 6.04 Å². The summed E-state index contributed by atoms with van der Waals surface area (Å²) < 4.78 is 0.880. The smallest absolute Gasteiger partial charge is 0.222 e. The Kier molecular flexibility index (Phi) is 5.57. The Labute approximate surface area is 98.8 Å². The van der Waals surface area contributed by atoms with Crippen molar-refractivity contribution in [3.63, 3.8) is 0 Å². The summed E-state index contributed by atoms with van der Waals surface area (Å²) in [4.78, 5) is 8.30. The Morgan fingerprint density at radius 1 is 1.47 bits per heavy atom. The fourth-order valence-electron chi connectivity index (χ4n) is 1.27. The topological polar surface area (TPSA) is 63.8 Å². The van der Waals surface area contributed by atoms with Crippen LogP contribution >= 0.6 is 15.9 Å². The van der Waals surface area contributed by atoms with E-state index in [4.69, 9.17) is 5.73 Å². The Morgan fingerprint density at radius 2 is 2.13 bits per heavy atom. The van der Waals surface area contributed by atoms with Crippen molar-refractivity contribution >= 4 is 21.9 Å². The van der Waals surface area contributed by atoms with Gasteiger partial charge in [0.05, 0.1) is 4.47 Å². The van der Waals surface area contributed by atoms with Crippen LogP contribution < -0.4 is 11.1 Å². The summed E-state index contributed by atoms with van der Waals surface area (Å²) in [5.74, 6) is 0.643. The van der Waals surface area contributed by atoms with Crippen LogP contribution in [0, 0.1) is 0 Å². The SMILES string of the molecule is CCCCC(CN)Nc1ncc(Br)cn1. The second kappa shape index (κ2) is 6.74. The molecule has 84 valence electrons. The maximum absolute atomic E-state index is 5.66. The largest absolute Gasteiger partial charge is 0.350 e. The average Bonchev–Trinajstić information content (AvgIpc) is 2.27. The van der Waals surface area contributed by atoms with E-state index in [0.29, 0.717) is 12.5 Å². The van der Waals surface area contributed by atoms with E-state index in [1.807, 2.05) is 0 Å². The number of hydrogen-bond donors (Lipinski definition) is 2. The number of nitrogens with zero attached hydrogens (tertiary/aromatic N) is 2. The van der Waals surface area contributed by atoms with Crippen molar-refractivity contribution in [3.05, 3.63) is 16.9 Å². The molecular formula is C10H17BrN4. The third kappa shape index (κ3) is 4.57. The van der Waals surface area contributed by atoms with Crippen LogP contribution in [0.4, 0.5) is 5.95 Å². The number of anilines is 1. The Hall–Kier alpha value is -0.680. The second-order valence-electron chi connectivity index (χ2n) is 3.44. The number of nitrogens with two attached hydrogens (primary N) is 1. The van der Waals surface area contributed by atoms with Crippen molar-refractivity contribution in [2.45, 2.75) is 32.2 Å². The number of rotatable bonds is 6. The Morgan fingerprint density at radius 3 is 2.67 bits per heavy atom. The van der Waals surface area contributed by atoms with Crippen LogP contribution in [0.15, 0.2) is 16.9 Å². The lowest BCUT2D eigenvalue weighted by Crippen LogP contribution is -2.29. The van der Waals surface area contributed by atoms with Crippen LogP contribution in [-0.4, -0.2) is 22.6 Å². The molecule has 0 saturated carbocycles. The molecule has 1 rings (SSSR count). The molecule has 0 bridgehead atoms. The van der Waals surface area contributed by atoms with Gasteiger partial charge in [0.25, 0.3) is 0 Å². The Balaban J connectivity index is 2.47. The monoisotopic (exact) mass is 272 g/mol. The molecule has 0 aromatic carbocycles. The lowest BCUT2D eigenvalue weighted by molar-refractivity contribution is 0.610. The minimum atomic E-state index is 0.270. The van der Waals surface area contributed by atoms with Gasteiger partial charge in [-0.15, -0.1) is 0 Å². The number of halogens is 1. The number of unbranched alkanes of at least 4 members (excludes halogenated alkanes) is 1. The molecule has 4 nitrogen and oxygen atoms in total. The molecule has 0 aliphatic rings. The molecule has 1 aromatic rings. The predicted molar refractivity (Wildman–Crippen MR) is 65.7 cm³/mol. The second-order valence-corrected chi connectivity index (χ2v) is 4.36. The van der Waals surface area contributed by atoms with Crippen molar-refractivity contribution in [3.8, 4) is 0 Å². The summed E-state index contributed by atoms with van der Waals surface area (Å²) >= 11 is 3.29. The van der Waals surface area contributed by atoms with Crippen molar-refractivity contribution in [2.24, 2.45) is 5.73 Å². The van der Waals surface area contributed by atoms with E-state index in [9.17, 15) is 0 Å². The normalized spacial score (nSPS) is 12.5. The van der Waals surface area contributed by atoms with Crippen molar-refractivity contribution < 1.29 is 0 Å². The standard InChI is InChI=1S/C10H17BrN4/c1-2-3-4-9(5-12)15-10-13-6-8(11)7-14-10/h6-7,9H,2-5,12H2,1H3,(H,13,14,15). The highest BCUT2D eigenvalue weighted by Gasteiger charge is 2.06. The van der Waals surface area contributed by atoms with Gasteiger partial charge in [-0.25, -0.2) is 9.97 Å². The van der Waals surface area contributed by atoms with E-state index in [2.05, 4.69) is 38.1 Å². The molecule has 0 aliphatic heterocycles. The minimum Gasteiger partial charge on any atom is -0.350 e. The summed E-state index contributed by atoms with van der Waals surface area (Å²) in [5.41, 5.74) is 5.66. The highest BCUT2D eigenvalue weighted by Crippen LogP contribution is 2.09. The van der Waals surface area contributed by atoms with E-state index < -0.39 is 0 Å². The number of hydrogen-bond acceptors (Lipinski definition) is 4. The van der Waals surface area contributed by atoms with Crippen molar-refractivity contribution in [2.75, 3.05) is 11.9 Å². The van der Waals surface area contributed by atoms with Crippen LogP contribution in [0.25, 0.3) is 0 Å². The zero-order valence-corrected chi connectivity index (χ0v) is 10.5. The third-order valence-corrected chi connectivity index (χ3v) is 2.55. The highest BCUT2D eigenvalue weighted by atomic mass is 79.9. The van der Waals surface area contributed by atoms with Gasteiger partial charge in [-0.2, -0.15) is 0 Å². The predicted octanol–water partition coefficient (Wildman–Crippen LogP) is 2.17. The van der Waals surface area contributed by atoms with Crippen molar-refractivity contribution in [1.29, 1.82) is 0 Å². The highest BCUT2D eigenvalue weighted by molar-refractivity contribution is 9.10. The molecule has 0 aliphatic carbocycles. The molecular weight excluding hydrogens is 256 g/mol. The minimum absolute atomic E-state index is 0.270. The zero-order valence-electron chi connectivity index (χ0n) is 8.91. The summed E-state index contributed by atoms with van der Waals surface area (Å²) in [7, 11) is 0. The fraction of sp³-hybridized carbons (Fsp3) is 0.600. The average molecular weight is 273 g/mol. The third-order valence-electron chi connectivity index (χ3n) is 2.14. The van der Waals surface area contributed by atoms with Gasteiger partial charge >= 0.3 is 0 Å². The molecule has 1 unspecified atom stereocenters. The molecule has 5 heteroatoms.